The SMILES string of the molecule is CCCCC(NC(=O)CCS)C(=O)O. The standard InChI is InChI=1S/C9H17NO3S/c1-2-3-4-7(9(12)13)10-8(11)5-6-14/h7,14H,2-6H2,1H3,(H,10,11)(H,12,13). The molecule has 2 N–H and O–H groups in total. The second-order valence-corrected chi connectivity index (χ2v) is 3.52. The van der Waals surface area contributed by atoms with Crippen molar-refractivity contribution in [3.8, 4) is 0 Å². The average molecular weight is 219 g/mol. The fraction of sp³-hybridized carbons (Fsp3) is 0.778. The first kappa shape index (κ1) is 13.3. The van der Waals surface area contributed by atoms with E-state index >= 15 is 0 Å². The molecule has 0 aliphatic carbocycles. The number of amides is 1. The van der Waals surface area contributed by atoms with E-state index < -0.39 is 12.0 Å². The van der Waals surface area contributed by atoms with Crippen molar-refractivity contribution in [1.29, 1.82) is 0 Å². The van der Waals surface area contributed by atoms with Crippen LogP contribution in [0, 0.1) is 0 Å². The van der Waals surface area contributed by atoms with Gasteiger partial charge in [0.05, 0.1) is 0 Å². The molecule has 0 aromatic carbocycles. The van der Waals surface area contributed by atoms with Gasteiger partial charge in [-0.1, -0.05) is 19.8 Å². The van der Waals surface area contributed by atoms with Crippen LogP contribution in [0.1, 0.15) is 32.6 Å². The van der Waals surface area contributed by atoms with Gasteiger partial charge in [-0.3, -0.25) is 4.79 Å². The zero-order valence-electron chi connectivity index (χ0n) is 8.32. The molecule has 0 aliphatic heterocycles. The van der Waals surface area contributed by atoms with E-state index in [1.807, 2.05) is 6.92 Å². The van der Waals surface area contributed by atoms with Gasteiger partial charge in [-0.15, -0.1) is 0 Å². The highest BCUT2D eigenvalue weighted by atomic mass is 32.1. The van der Waals surface area contributed by atoms with Crippen molar-refractivity contribution in [3.63, 3.8) is 0 Å². The van der Waals surface area contributed by atoms with Crippen molar-refractivity contribution in [2.24, 2.45) is 0 Å². The third kappa shape index (κ3) is 5.85. The summed E-state index contributed by atoms with van der Waals surface area (Å²) in [4.78, 5) is 21.8. The lowest BCUT2D eigenvalue weighted by Crippen LogP contribution is -2.40. The van der Waals surface area contributed by atoms with Gasteiger partial charge in [-0.05, 0) is 12.2 Å². The Labute approximate surface area is 89.5 Å². The maximum atomic E-state index is 11.1. The van der Waals surface area contributed by atoms with Crippen molar-refractivity contribution >= 4 is 24.5 Å². The summed E-state index contributed by atoms with van der Waals surface area (Å²) in [5.41, 5.74) is 0. The van der Waals surface area contributed by atoms with Crippen LogP contribution < -0.4 is 5.32 Å². The maximum Gasteiger partial charge on any atom is 0.326 e. The topological polar surface area (TPSA) is 66.4 Å². The quantitative estimate of drug-likeness (QED) is 0.561. The number of carbonyl (C=O) groups is 2. The van der Waals surface area contributed by atoms with Crippen LogP contribution >= 0.6 is 12.6 Å². The fourth-order valence-electron chi connectivity index (χ4n) is 1.03. The third-order valence-electron chi connectivity index (χ3n) is 1.82. The number of aliphatic carboxylic acids is 1. The lowest BCUT2D eigenvalue weighted by molar-refractivity contribution is -0.142. The Morgan fingerprint density at radius 3 is 2.57 bits per heavy atom. The van der Waals surface area contributed by atoms with Crippen molar-refractivity contribution in [3.05, 3.63) is 0 Å². The van der Waals surface area contributed by atoms with E-state index in [1.54, 1.807) is 0 Å². The zero-order chi connectivity index (χ0) is 11.0. The Balaban J connectivity index is 3.95. The summed E-state index contributed by atoms with van der Waals surface area (Å²) < 4.78 is 0. The summed E-state index contributed by atoms with van der Waals surface area (Å²) in [6, 6.07) is -0.748. The molecule has 0 saturated heterocycles. The predicted molar refractivity (Wildman–Crippen MR) is 57.6 cm³/mol. The molecular formula is C9H17NO3S. The molecule has 0 bridgehead atoms. The molecule has 0 aliphatic rings. The second kappa shape index (κ2) is 7.67. The Bertz CT molecular complexity index is 196. The van der Waals surface area contributed by atoms with Crippen LogP contribution in [0.5, 0.6) is 0 Å². The molecule has 0 fully saturated rings. The van der Waals surface area contributed by atoms with Gasteiger partial charge in [0.25, 0.3) is 0 Å². The Hall–Kier alpha value is -0.710. The van der Waals surface area contributed by atoms with E-state index in [9.17, 15) is 9.59 Å². The summed E-state index contributed by atoms with van der Waals surface area (Å²) in [5, 5.41) is 11.2. The van der Waals surface area contributed by atoms with Crippen LogP contribution in [-0.2, 0) is 9.59 Å². The normalized spacial score (nSPS) is 12.1. The minimum atomic E-state index is -0.967. The Morgan fingerprint density at radius 1 is 1.50 bits per heavy atom. The van der Waals surface area contributed by atoms with Gasteiger partial charge in [-0.25, -0.2) is 4.79 Å². The number of carboxylic acids is 1. The highest BCUT2D eigenvalue weighted by molar-refractivity contribution is 7.80. The fourth-order valence-corrected chi connectivity index (χ4v) is 1.24. The van der Waals surface area contributed by atoms with E-state index in [-0.39, 0.29) is 12.3 Å². The monoisotopic (exact) mass is 219 g/mol. The number of rotatable bonds is 7. The molecule has 1 amide bonds. The molecule has 5 heteroatoms. The number of carboxylic acid groups (broad SMARTS) is 1. The molecule has 0 heterocycles. The molecule has 0 radical (unpaired) electrons. The van der Waals surface area contributed by atoms with E-state index in [0.717, 1.165) is 12.8 Å². The van der Waals surface area contributed by atoms with Crippen LogP contribution in [0.25, 0.3) is 0 Å². The second-order valence-electron chi connectivity index (χ2n) is 3.07. The first-order valence-electron chi connectivity index (χ1n) is 4.74. The number of carbonyl (C=O) groups excluding carboxylic acids is 1. The number of unbranched alkanes of at least 4 members (excludes halogenated alkanes) is 1. The van der Waals surface area contributed by atoms with Crippen LogP contribution in [0.15, 0.2) is 0 Å². The summed E-state index contributed by atoms with van der Waals surface area (Å²) in [6.45, 7) is 1.98. The molecule has 0 spiro atoms. The van der Waals surface area contributed by atoms with Gasteiger partial charge < -0.3 is 10.4 Å². The predicted octanol–water partition coefficient (Wildman–Crippen LogP) is 1.07. The van der Waals surface area contributed by atoms with Crippen LogP contribution in [0.3, 0.4) is 0 Å². The largest absolute Gasteiger partial charge is 0.480 e. The minimum absolute atomic E-state index is 0.247. The molecule has 0 aromatic heterocycles. The van der Waals surface area contributed by atoms with Gasteiger partial charge in [-0.2, -0.15) is 12.6 Å². The van der Waals surface area contributed by atoms with Gasteiger partial charge in [0.15, 0.2) is 0 Å². The summed E-state index contributed by atoms with van der Waals surface area (Å²) >= 11 is 3.90. The van der Waals surface area contributed by atoms with E-state index in [1.165, 1.54) is 0 Å². The number of thiol groups is 1. The molecule has 4 nitrogen and oxygen atoms in total. The van der Waals surface area contributed by atoms with E-state index in [4.69, 9.17) is 5.11 Å². The number of hydrogen-bond acceptors (Lipinski definition) is 3. The van der Waals surface area contributed by atoms with Crippen molar-refractivity contribution in [1.82, 2.24) is 5.32 Å². The molecule has 0 rings (SSSR count). The molecule has 0 saturated carbocycles. The highest BCUT2D eigenvalue weighted by Crippen LogP contribution is 2.01. The van der Waals surface area contributed by atoms with Gasteiger partial charge in [0, 0.05) is 6.42 Å². The van der Waals surface area contributed by atoms with Crippen molar-refractivity contribution in [2.45, 2.75) is 38.6 Å². The lowest BCUT2D eigenvalue weighted by atomic mass is 10.1. The third-order valence-corrected chi connectivity index (χ3v) is 2.04. The first-order valence-corrected chi connectivity index (χ1v) is 5.38. The zero-order valence-corrected chi connectivity index (χ0v) is 9.22. The average Bonchev–Trinajstić information content (AvgIpc) is 2.12. The smallest absolute Gasteiger partial charge is 0.326 e. The van der Waals surface area contributed by atoms with E-state index in [0.29, 0.717) is 12.2 Å². The molecule has 82 valence electrons. The van der Waals surface area contributed by atoms with Gasteiger partial charge in [0.2, 0.25) is 5.91 Å². The summed E-state index contributed by atoms with van der Waals surface area (Å²) in [6.07, 6.45) is 2.48. The molecule has 14 heavy (non-hydrogen) atoms. The number of nitrogens with one attached hydrogen (secondary N) is 1. The van der Waals surface area contributed by atoms with Crippen LogP contribution in [-0.4, -0.2) is 28.8 Å². The molecule has 1 unspecified atom stereocenters. The minimum Gasteiger partial charge on any atom is -0.480 e. The van der Waals surface area contributed by atoms with Gasteiger partial charge >= 0.3 is 5.97 Å². The van der Waals surface area contributed by atoms with Crippen molar-refractivity contribution < 1.29 is 14.7 Å². The summed E-state index contributed by atoms with van der Waals surface area (Å²) in [5.74, 6) is -0.777. The van der Waals surface area contributed by atoms with Crippen molar-refractivity contribution in [2.75, 3.05) is 5.75 Å². The maximum absolute atomic E-state index is 11.1. The van der Waals surface area contributed by atoms with Crippen LogP contribution in [0.4, 0.5) is 0 Å². The first-order chi connectivity index (χ1) is 6.61. The molecule has 1 atom stereocenters. The Kier molecular flexibility index (Phi) is 7.28. The molecule has 0 aromatic rings. The van der Waals surface area contributed by atoms with Gasteiger partial charge in [0.1, 0.15) is 6.04 Å². The molecular weight excluding hydrogens is 202 g/mol. The van der Waals surface area contributed by atoms with E-state index in [2.05, 4.69) is 17.9 Å². The summed E-state index contributed by atoms with van der Waals surface area (Å²) in [7, 11) is 0. The van der Waals surface area contributed by atoms with Crippen LogP contribution in [0.2, 0.25) is 0 Å². The highest BCUT2D eigenvalue weighted by Gasteiger charge is 2.18. The Morgan fingerprint density at radius 2 is 2.14 bits per heavy atom. The number of hydrogen-bond donors (Lipinski definition) is 3. The lowest BCUT2D eigenvalue weighted by Gasteiger charge is -2.13.